The van der Waals surface area contributed by atoms with Gasteiger partial charge in [-0.3, -0.25) is 4.79 Å². The Morgan fingerprint density at radius 1 is 1.11 bits per heavy atom. The van der Waals surface area contributed by atoms with Crippen LogP contribution in [0.25, 0.3) is 0 Å². The van der Waals surface area contributed by atoms with Crippen molar-refractivity contribution >= 4 is 11.7 Å². The van der Waals surface area contributed by atoms with E-state index in [1.54, 1.807) is 13.4 Å². The number of ether oxygens (including phenoxy) is 1. The first-order valence-electron chi connectivity index (χ1n) is 10.8. The van der Waals surface area contributed by atoms with Gasteiger partial charge in [0.1, 0.15) is 12.1 Å². The van der Waals surface area contributed by atoms with Crippen molar-refractivity contribution in [3.8, 4) is 5.88 Å². The number of likely N-dealkylation sites (N-methyl/N-ethyl adjacent to an activating group) is 1. The zero-order valence-corrected chi connectivity index (χ0v) is 17.2. The number of methoxy groups -OCH3 is 1. The van der Waals surface area contributed by atoms with Gasteiger partial charge in [0.2, 0.25) is 11.8 Å². The average molecular weight is 388 g/mol. The van der Waals surface area contributed by atoms with Crippen LogP contribution in [-0.4, -0.2) is 77.6 Å². The predicted molar refractivity (Wildman–Crippen MR) is 109 cm³/mol. The molecule has 154 valence electrons. The molecule has 2 aliphatic heterocycles. The third-order valence-electron chi connectivity index (χ3n) is 6.58. The molecule has 1 saturated carbocycles. The lowest BCUT2D eigenvalue weighted by atomic mass is 10.0. The molecule has 0 spiro atoms. The van der Waals surface area contributed by atoms with E-state index >= 15 is 0 Å². The summed E-state index contributed by atoms with van der Waals surface area (Å²) < 4.78 is 5.30. The quantitative estimate of drug-likeness (QED) is 0.747. The molecule has 0 radical (unpaired) electrons. The second-order valence-electron chi connectivity index (χ2n) is 8.49. The van der Waals surface area contributed by atoms with Gasteiger partial charge in [-0.05, 0) is 38.5 Å². The zero-order chi connectivity index (χ0) is 19.5. The fraction of sp³-hybridized carbons (Fsp3) is 0.762. The maximum absolute atomic E-state index is 12.2. The van der Waals surface area contributed by atoms with E-state index in [1.807, 2.05) is 18.0 Å². The van der Waals surface area contributed by atoms with Crippen molar-refractivity contribution in [2.75, 3.05) is 38.7 Å². The Kier molecular flexibility index (Phi) is 5.99. The number of anilines is 1. The summed E-state index contributed by atoms with van der Waals surface area (Å²) in [5.74, 6) is 1.95. The molecule has 2 saturated heterocycles. The van der Waals surface area contributed by atoms with Crippen molar-refractivity contribution in [2.24, 2.45) is 0 Å². The summed E-state index contributed by atoms with van der Waals surface area (Å²) in [5, 5.41) is 0. The highest BCUT2D eigenvalue weighted by molar-refractivity contribution is 5.76. The fourth-order valence-electron chi connectivity index (χ4n) is 4.73. The summed E-state index contributed by atoms with van der Waals surface area (Å²) in [5.41, 5.74) is 0. The molecule has 0 aromatic carbocycles. The van der Waals surface area contributed by atoms with E-state index in [-0.39, 0.29) is 0 Å². The highest BCUT2D eigenvalue weighted by Crippen LogP contribution is 2.36. The minimum Gasteiger partial charge on any atom is -0.481 e. The molecule has 1 amide bonds. The molecule has 1 atom stereocenters. The Bertz CT molecular complexity index is 673. The highest BCUT2D eigenvalue weighted by Gasteiger charge is 2.37. The van der Waals surface area contributed by atoms with Gasteiger partial charge in [-0.2, -0.15) is 0 Å². The monoisotopic (exact) mass is 387 g/mol. The first-order chi connectivity index (χ1) is 13.7. The molecule has 1 aliphatic carbocycles. The molecule has 0 bridgehead atoms. The third kappa shape index (κ3) is 4.40. The molecule has 3 heterocycles. The average Bonchev–Trinajstić information content (AvgIpc) is 3.56. The molecule has 4 rings (SSSR count). The first-order valence-corrected chi connectivity index (χ1v) is 10.8. The highest BCUT2D eigenvalue weighted by atomic mass is 16.5. The lowest BCUT2D eigenvalue weighted by Gasteiger charge is -2.41. The minimum absolute atomic E-state index is 0.315. The number of nitrogens with zero attached hydrogens (tertiary/aromatic N) is 5. The first kappa shape index (κ1) is 19.4. The largest absolute Gasteiger partial charge is 0.481 e. The maximum atomic E-state index is 12.2. The second kappa shape index (κ2) is 8.64. The van der Waals surface area contributed by atoms with E-state index in [2.05, 4.69) is 19.8 Å². The lowest BCUT2D eigenvalue weighted by molar-refractivity contribution is -0.131. The van der Waals surface area contributed by atoms with Gasteiger partial charge in [0.15, 0.2) is 0 Å². The van der Waals surface area contributed by atoms with E-state index in [0.29, 0.717) is 36.3 Å². The van der Waals surface area contributed by atoms with Gasteiger partial charge in [0.25, 0.3) is 0 Å². The van der Waals surface area contributed by atoms with Gasteiger partial charge in [-0.25, -0.2) is 9.97 Å². The van der Waals surface area contributed by atoms with Crippen LogP contribution >= 0.6 is 0 Å². The third-order valence-corrected chi connectivity index (χ3v) is 6.58. The Morgan fingerprint density at radius 3 is 2.57 bits per heavy atom. The van der Waals surface area contributed by atoms with E-state index < -0.39 is 0 Å². The molecule has 1 unspecified atom stereocenters. The number of carbonyl (C=O) groups is 1. The number of piperidine rings is 1. The van der Waals surface area contributed by atoms with Crippen LogP contribution in [0.1, 0.15) is 51.4 Å². The number of amides is 1. The normalized spacial score (nSPS) is 24.9. The van der Waals surface area contributed by atoms with Crippen LogP contribution in [0.5, 0.6) is 5.88 Å². The molecule has 28 heavy (non-hydrogen) atoms. The Hall–Kier alpha value is -1.89. The SMILES string of the molecule is COc1cc(N(C2CC2)C2CCN(CC3CCCCC(=O)N3C)CC2)ncn1. The molecule has 3 fully saturated rings. The predicted octanol–water partition coefficient (Wildman–Crippen LogP) is 2.32. The van der Waals surface area contributed by atoms with Crippen molar-refractivity contribution in [1.82, 2.24) is 19.8 Å². The van der Waals surface area contributed by atoms with Crippen LogP contribution in [0.2, 0.25) is 0 Å². The van der Waals surface area contributed by atoms with Crippen LogP contribution < -0.4 is 9.64 Å². The van der Waals surface area contributed by atoms with Gasteiger partial charge < -0.3 is 19.4 Å². The van der Waals surface area contributed by atoms with Crippen molar-refractivity contribution in [1.29, 1.82) is 0 Å². The van der Waals surface area contributed by atoms with E-state index in [1.165, 1.54) is 19.3 Å². The van der Waals surface area contributed by atoms with E-state index in [9.17, 15) is 4.79 Å². The van der Waals surface area contributed by atoms with Gasteiger partial charge in [0, 0.05) is 57.3 Å². The number of hydrogen-bond acceptors (Lipinski definition) is 6. The van der Waals surface area contributed by atoms with Crippen molar-refractivity contribution in [2.45, 2.75) is 69.5 Å². The number of hydrogen-bond donors (Lipinski definition) is 0. The van der Waals surface area contributed by atoms with E-state index in [4.69, 9.17) is 4.74 Å². The van der Waals surface area contributed by atoms with Gasteiger partial charge in [-0.1, -0.05) is 6.42 Å². The van der Waals surface area contributed by atoms with Gasteiger partial charge >= 0.3 is 0 Å². The minimum atomic E-state index is 0.315. The summed E-state index contributed by atoms with van der Waals surface area (Å²) in [6.07, 6.45) is 10.5. The maximum Gasteiger partial charge on any atom is 0.222 e. The number of likely N-dealkylation sites (tertiary alicyclic amines) is 2. The molecule has 7 heteroatoms. The summed E-state index contributed by atoms with van der Waals surface area (Å²) in [6, 6.07) is 3.48. The van der Waals surface area contributed by atoms with Gasteiger partial charge in [-0.15, -0.1) is 0 Å². The van der Waals surface area contributed by atoms with Crippen molar-refractivity contribution in [3.05, 3.63) is 12.4 Å². The molecular formula is C21H33N5O2. The van der Waals surface area contributed by atoms with Crippen molar-refractivity contribution in [3.63, 3.8) is 0 Å². The molecule has 1 aromatic rings. The Morgan fingerprint density at radius 2 is 1.86 bits per heavy atom. The van der Waals surface area contributed by atoms with Crippen LogP contribution in [0.3, 0.4) is 0 Å². The number of aromatic nitrogens is 2. The van der Waals surface area contributed by atoms with Crippen LogP contribution in [0, 0.1) is 0 Å². The molecular weight excluding hydrogens is 354 g/mol. The van der Waals surface area contributed by atoms with Crippen molar-refractivity contribution < 1.29 is 9.53 Å². The Balaban J connectivity index is 1.36. The Labute approximate surface area is 168 Å². The summed E-state index contributed by atoms with van der Waals surface area (Å²) in [7, 11) is 3.64. The molecule has 3 aliphatic rings. The molecule has 1 aromatic heterocycles. The standard InChI is InChI=1S/C21H33N5O2/c1-24-18(5-3-4-6-21(24)27)14-25-11-9-17(10-12-25)26(16-7-8-16)19-13-20(28-2)23-15-22-19/h13,15-18H,3-12,14H2,1-2H3. The topological polar surface area (TPSA) is 61.8 Å². The second-order valence-corrected chi connectivity index (χ2v) is 8.49. The van der Waals surface area contributed by atoms with Crippen LogP contribution in [0.4, 0.5) is 5.82 Å². The number of rotatable bonds is 6. The smallest absolute Gasteiger partial charge is 0.222 e. The van der Waals surface area contributed by atoms with Crippen LogP contribution in [-0.2, 0) is 4.79 Å². The summed E-state index contributed by atoms with van der Waals surface area (Å²) in [4.78, 5) is 28.0. The summed E-state index contributed by atoms with van der Waals surface area (Å²) in [6.45, 7) is 3.20. The molecule has 7 nitrogen and oxygen atoms in total. The van der Waals surface area contributed by atoms with E-state index in [0.717, 1.165) is 51.1 Å². The van der Waals surface area contributed by atoms with Gasteiger partial charge in [0.05, 0.1) is 7.11 Å². The zero-order valence-electron chi connectivity index (χ0n) is 17.2. The number of carbonyl (C=O) groups excluding carboxylic acids is 1. The fourth-order valence-corrected chi connectivity index (χ4v) is 4.73. The summed E-state index contributed by atoms with van der Waals surface area (Å²) >= 11 is 0. The lowest BCUT2D eigenvalue weighted by Crippen LogP contribution is -2.50. The molecule has 0 N–H and O–H groups in total. The van der Waals surface area contributed by atoms with Crippen LogP contribution in [0.15, 0.2) is 12.4 Å².